The largest absolute Gasteiger partial charge is 0.392 e. The molecule has 14 heavy (non-hydrogen) atoms. The molecular formula is C8H9F2IN2O. The molecule has 0 amide bonds. The molecule has 0 radical (unpaired) electrons. The van der Waals surface area contributed by atoms with Crippen LogP contribution in [0.25, 0.3) is 0 Å². The molecule has 78 valence electrons. The predicted molar refractivity (Wildman–Crippen MR) is 55.7 cm³/mol. The summed E-state index contributed by atoms with van der Waals surface area (Å²) in [6.07, 6.45) is -2.68. The van der Waals surface area contributed by atoms with E-state index < -0.39 is 13.0 Å². The van der Waals surface area contributed by atoms with Crippen molar-refractivity contribution in [1.82, 2.24) is 4.98 Å². The van der Waals surface area contributed by atoms with Crippen LogP contribution in [0.15, 0.2) is 6.07 Å². The molecule has 0 atom stereocenters. The van der Waals surface area contributed by atoms with Crippen LogP contribution in [0.4, 0.5) is 8.78 Å². The molecule has 1 aromatic rings. The van der Waals surface area contributed by atoms with Gasteiger partial charge in [-0.05, 0) is 34.2 Å². The van der Waals surface area contributed by atoms with Gasteiger partial charge in [0.05, 0.1) is 6.61 Å². The fourth-order valence-corrected chi connectivity index (χ4v) is 1.79. The molecule has 0 spiro atoms. The highest BCUT2D eigenvalue weighted by Gasteiger charge is 2.17. The van der Waals surface area contributed by atoms with Gasteiger partial charge < -0.3 is 10.8 Å². The zero-order chi connectivity index (χ0) is 10.7. The minimum atomic E-state index is -2.68. The van der Waals surface area contributed by atoms with Crippen LogP contribution in [-0.2, 0) is 13.2 Å². The second kappa shape index (κ2) is 4.94. The molecule has 1 rings (SSSR count). The van der Waals surface area contributed by atoms with Crippen molar-refractivity contribution < 1.29 is 13.9 Å². The summed E-state index contributed by atoms with van der Waals surface area (Å²) in [5.74, 6) is 0. The maximum absolute atomic E-state index is 12.5. The number of hydrogen-bond acceptors (Lipinski definition) is 3. The van der Waals surface area contributed by atoms with Crippen molar-refractivity contribution in [2.75, 3.05) is 0 Å². The van der Waals surface area contributed by atoms with Gasteiger partial charge >= 0.3 is 0 Å². The van der Waals surface area contributed by atoms with E-state index in [9.17, 15) is 8.78 Å². The summed E-state index contributed by atoms with van der Waals surface area (Å²) >= 11 is 1.84. The number of hydrogen-bond donors (Lipinski definition) is 2. The first kappa shape index (κ1) is 11.7. The third-order valence-corrected chi connectivity index (χ3v) is 2.35. The van der Waals surface area contributed by atoms with Crippen LogP contribution in [0.3, 0.4) is 0 Å². The average molecular weight is 314 g/mol. The zero-order valence-electron chi connectivity index (χ0n) is 7.17. The van der Waals surface area contributed by atoms with E-state index in [0.717, 1.165) is 0 Å². The van der Waals surface area contributed by atoms with Crippen LogP contribution in [0.5, 0.6) is 0 Å². The van der Waals surface area contributed by atoms with Crippen LogP contribution >= 0.6 is 22.6 Å². The molecule has 0 aliphatic rings. The number of nitrogens with zero attached hydrogens (tertiary/aromatic N) is 1. The Morgan fingerprint density at radius 3 is 2.64 bits per heavy atom. The summed E-state index contributed by atoms with van der Waals surface area (Å²) in [6.45, 7) is -0.343. The number of rotatable bonds is 3. The minimum Gasteiger partial charge on any atom is -0.392 e. The Bertz CT molecular complexity index is 333. The van der Waals surface area contributed by atoms with E-state index >= 15 is 0 Å². The van der Waals surface area contributed by atoms with Gasteiger partial charge in [0.1, 0.15) is 9.39 Å². The molecule has 0 fully saturated rings. The van der Waals surface area contributed by atoms with E-state index in [-0.39, 0.29) is 17.8 Å². The van der Waals surface area contributed by atoms with Crippen molar-refractivity contribution in [3.63, 3.8) is 0 Å². The van der Waals surface area contributed by atoms with Gasteiger partial charge in [-0.25, -0.2) is 13.8 Å². The van der Waals surface area contributed by atoms with E-state index in [0.29, 0.717) is 9.26 Å². The third-order valence-electron chi connectivity index (χ3n) is 1.80. The minimum absolute atomic E-state index is 0.119. The first-order valence-electron chi connectivity index (χ1n) is 3.87. The molecule has 1 heterocycles. The Kier molecular flexibility index (Phi) is 4.14. The molecule has 0 unspecified atom stereocenters. The van der Waals surface area contributed by atoms with Crippen molar-refractivity contribution in [2.24, 2.45) is 5.73 Å². The van der Waals surface area contributed by atoms with Crippen LogP contribution in [0, 0.1) is 3.70 Å². The van der Waals surface area contributed by atoms with Crippen LogP contribution in [0.2, 0.25) is 0 Å². The molecule has 6 heteroatoms. The zero-order valence-corrected chi connectivity index (χ0v) is 9.33. The van der Waals surface area contributed by atoms with E-state index in [1.165, 1.54) is 0 Å². The van der Waals surface area contributed by atoms with Crippen LogP contribution < -0.4 is 5.73 Å². The molecule has 0 aliphatic carbocycles. The van der Waals surface area contributed by atoms with Crippen molar-refractivity contribution >= 4 is 22.6 Å². The molecule has 0 aliphatic heterocycles. The van der Waals surface area contributed by atoms with Gasteiger partial charge in [0.15, 0.2) is 0 Å². The Morgan fingerprint density at radius 1 is 1.57 bits per heavy atom. The summed E-state index contributed by atoms with van der Waals surface area (Å²) in [6, 6.07) is 1.60. The Labute approximate surface area is 93.5 Å². The van der Waals surface area contributed by atoms with Crippen molar-refractivity contribution in [2.45, 2.75) is 19.6 Å². The van der Waals surface area contributed by atoms with Gasteiger partial charge in [0.25, 0.3) is 6.43 Å². The lowest BCUT2D eigenvalue weighted by molar-refractivity contribution is 0.141. The molecule has 0 saturated carbocycles. The van der Waals surface area contributed by atoms with Crippen molar-refractivity contribution in [1.29, 1.82) is 0 Å². The summed E-state index contributed by atoms with van der Waals surface area (Å²) in [5, 5.41) is 8.94. The molecule has 0 saturated heterocycles. The van der Waals surface area contributed by atoms with Gasteiger partial charge in [-0.15, -0.1) is 0 Å². The summed E-state index contributed by atoms with van der Waals surface area (Å²) in [4.78, 5) is 3.67. The lowest BCUT2D eigenvalue weighted by Crippen LogP contribution is -2.09. The second-order valence-corrected chi connectivity index (χ2v) is 3.74. The van der Waals surface area contributed by atoms with Crippen LogP contribution in [0.1, 0.15) is 23.2 Å². The first-order valence-corrected chi connectivity index (χ1v) is 4.95. The van der Waals surface area contributed by atoms with E-state index in [2.05, 4.69) is 4.98 Å². The van der Waals surface area contributed by atoms with Crippen LogP contribution in [-0.4, -0.2) is 10.1 Å². The third kappa shape index (κ3) is 2.37. The van der Waals surface area contributed by atoms with E-state index in [1.807, 2.05) is 22.6 Å². The summed E-state index contributed by atoms with van der Waals surface area (Å²) in [7, 11) is 0. The monoisotopic (exact) mass is 314 g/mol. The quantitative estimate of drug-likeness (QED) is 0.658. The fraction of sp³-hybridized carbons (Fsp3) is 0.375. The summed E-state index contributed by atoms with van der Waals surface area (Å²) in [5.41, 5.74) is 5.66. The SMILES string of the molecule is NCc1cc(I)nc(C(F)F)c1CO. The highest BCUT2D eigenvalue weighted by atomic mass is 127. The van der Waals surface area contributed by atoms with Crippen molar-refractivity contribution in [3.8, 4) is 0 Å². The lowest BCUT2D eigenvalue weighted by Gasteiger charge is -2.10. The fourth-order valence-electron chi connectivity index (χ4n) is 1.16. The normalized spacial score (nSPS) is 11.0. The maximum Gasteiger partial charge on any atom is 0.280 e. The molecular weight excluding hydrogens is 305 g/mol. The standard InChI is InChI=1S/C8H9F2IN2O/c9-8(10)7-5(3-14)4(2-12)1-6(11)13-7/h1,8,14H,2-3,12H2. The number of alkyl halides is 2. The first-order chi connectivity index (χ1) is 6.60. The number of pyridine rings is 1. The smallest absolute Gasteiger partial charge is 0.280 e. The Hall–Kier alpha value is -0.340. The van der Waals surface area contributed by atoms with E-state index in [4.69, 9.17) is 10.8 Å². The second-order valence-electron chi connectivity index (χ2n) is 2.63. The molecule has 1 aromatic heterocycles. The molecule has 3 nitrogen and oxygen atoms in total. The van der Waals surface area contributed by atoms with Crippen molar-refractivity contribution in [3.05, 3.63) is 26.6 Å². The van der Waals surface area contributed by atoms with Gasteiger partial charge in [-0.3, -0.25) is 0 Å². The van der Waals surface area contributed by atoms with E-state index in [1.54, 1.807) is 6.07 Å². The topological polar surface area (TPSA) is 59.1 Å². The molecule has 3 N–H and O–H groups in total. The average Bonchev–Trinajstić information content (AvgIpc) is 2.16. The highest BCUT2D eigenvalue weighted by molar-refractivity contribution is 14.1. The number of halogens is 3. The van der Waals surface area contributed by atoms with Gasteiger partial charge in [-0.1, -0.05) is 0 Å². The molecule has 0 bridgehead atoms. The number of aliphatic hydroxyl groups excluding tert-OH is 1. The number of nitrogens with two attached hydrogens (primary N) is 1. The maximum atomic E-state index is 12.5. The molecule has 0 aromatic carbocycles. The Balaban J connectivity index is 3.31. The van der Waals surface area contributed by atoms with Gasteiger partial charge in [0.2, 0.25) is 0 Å². The number of aliphatic hydroxyl groups is 1. The Morgan fingerprint density at radius 2 is 2.21 bits per heavy atom. The summed E-state index contributed by atoms with van der Waals surface area (Å²) < 4.78 is 25.4. The van der Waals surface area contributed by atoms with Gasteiger partial charge in [-0.2, -0.15) is 0 Å². The predicted octanol–water partition coefficient (Wildman–Crippen LogP) is 1.57. The number of aromatic nitrogens is 1. The highest BCUT2D eigenvalue weighted by Crippen LogP contribution is 2.25. The lowest BCUT2D eigenvalue weighted by atomic mass is 10.1. The van der Waals surface area contributed by atoms with Gasteiger partial charge in [0, 0.05) is 12.1 Å².